The van der Waals surface area contributed by atoms with Crippen LogP contribution in [0.1, 0.15) is 42.4 Å². The molecule has 8 heteroatoms. The van der Waals surface area contributed by atoms with E-state index in [4.69, 9.17) is 9.26 Å². The van der Waals surface area contributed by atoms with E-state index in [1.165, 1.54) is 0 Å². The molecule has 1 aromatic heterocycles. The number of ether oxygens (including phenoxy) is 1. The van der Waals surface area contributed by atoms with Gasteiger partial charge in [0, 0.05) is 35.8 Å². The molecule has 160 valence electrons. The predicted molar refractivity (Wildman–Crippen MR) is 115 cm³/mol. The van der Waals surface area contributed by atoms with Crippen LogP contribution in [-0.4, -0.2) is 41.7 Å². The van der Waals surface area contributed by atoms with Gasteiger partial charge in [-0.3, -0.25) is 9.59 Å². The summed E-state index contributed by atoms with van der Waals surface area (Å²) in [6.07, 6.45) is 0.296. The van der Waals surface area contributed by atoms with Crippen molar-refractivity contribution in [1.82, 2.24) is 15.5 Å². The summed E-state index contributed by atoms with van der Waals surface area (Å²) in [7, 11) is 1.60. The molecule has 31 heavy (non-hydrogen) atoms. The van der Waals surface area contributed by atoms with Crippen LogP contribution in [0.3, 0.4) is 0 Å². The third kappa shape index (κ3) is 4.42. The van der Waals surface area contributed by atoms with Gasteiger partial charge in [-0.1, -0.05) is 17.3 Å². The third-order valence-electron chi connectivity index (χ3n) is 5.10. The number of carbonyl (C=O) groups is 2. The smallest absolute Gasteiger partial charge is 0.251 e. The summed E-state index contributed by atoms with van der Waals surface area (Å²) in [5.41, 5.74) is 2.01. The lowest BCUT2D eigenvalue weighted by molar-refractivity contribution is -0.117. The fraction of sp³-hybridized carbons (Fsp3) is 0.304. The van der Waals surface area contributed by atoms with Crippen LogP contribution in [0.2, 0.25) is 0 Å². The van der Waals surface area contributed by atoms with Crippen LogP contribution in [0.5, 0.6) is 5.75 Å². The normalized spacial score (nSPS) is 16.1. The second kappa shape index (κ2) is 8.59. The Labute approximate surface area is 180 Å². The number of methoxy groups -OCH3 is 1. The molecular formula is C23H24N4O4. The molecule has 0 unspecified atom stereocenters. The molecule has 0 radical (unpaired) electrons. The van der Waals surface area contributed by atoms with Crippen LogP contribution in [0.25, 0.3) is 11.4 Å². The fourth-order valence-corrected chi connectivity index (χ4v) is 3.55. The van der Waals surface area contributed by atoms with Gasteiger partial charge >= 0.3 is 0 Å². The molecule has 1 atom stereocenters. The van der Waals surface area contributed by atoms with Gasteiger partial charge in [-0.05, 0) is 50.2 Å². The fourth-order valence-electron chi connectivity index (χ4n) is 3.55. The van der Waals surface area contributed by atoms with E-state index in [0.29, 0.717) is 35.8 Å². The second-order valence-corrected chi connectivity index (χ2v) is 7.77. The average Bonchev–Trinajstić information content (AvgIpc) is 3.40. The van der Waals surface area contributed by atoms with Gasteiger partial charge in [0.2, 0.25) is 17.6 Å². The van der Waals surface area contributed by atoms with Crippen molar-refractivity contribution >= 4 is 17.5 Å². The molecule has 2 heterocycles. The van der Waals surface area contributed by atoms with Crippen molar-refractivity contribution < 1.29 is 18.8 Å². The van der Waals surface area contributed by atoms with Crippen LogP contribution < -0.4 is 15.0 Å². The highest BCUT2D eigenvalue weighted by molar-refractivity contribution is 5.96. The van der Waals surface area contributed by atoms with Gasteiger partial charge in [-0.25, -0.2) is 0 Å². The van der Waals surface area contributed by atoms with Crippen LogP contribution >= 0.6 is 0 Å². The molecule has 1 aliphatic rings. The molecule has 4 rings (SSSR count). The Bertz CT molecular complexity index is 1090. The predicted octanol–water partition coefficient (Wildman–Crippen LogP) is 3.40. The summed E-state index contributed by atoms with van der Waals surface area (Å²) in [4.78, 5) is 31.1. The highest BCUT2D eigenvalue weighted by Gasteiger charge is 2.35. The zero-order valence-electron chi connectivity index (χ0n) is 17.7. The summed E-state index contributed by atoms with van der Waals surface area (Å²) in [5, 5.41) is 6.94. The average molecular weight is 420 g/mol. The monoisotopic (exact) mass is 420 g/mol. The van der Waals surface area contributed by atoms with Crippen molar-refractivity contribution in [2.75, 3.05) is 18.6 Å². The minimum atomic E-state index is -0.191. The maximum atomic E-state index is 12.6. The lowest BCUT2D eigenvalue weighted by Gasteiger charge is -2.16. The molecule has 0 bridgehead atoms. The van der Waals surface area contributed by atoms with E-state index < -0.39 is 0 Å². The van der Waals surface area contributed by atoms with Crippen molar-refractivity contribution in [3.63, 3.8) is 0 Å². The minimum absolute atomic E-state index is 0.00210. The topological polar surface area (TPSA) is 97.6 Å². The molecule has 3 aromatic rings. The number of hydrogen-bond donors (Lipinski definition) is 1. The summed E-state index contributed by atoms with van der Waals surface area (Å²) in [6, 6.07) is 14.5. The van der Waals surface area contributed by atoms with Crippen molar-refractivity contribution in [1.29, 1.82) is 0 Å². The van der Waals surface area contributed by atoms with Gasteiger partial charge in [0.15, 0.2) is 0 Å². The lowest BCUT2D eigenvalue weighted by Crippen LogP contribution is -2.30. The number of carbonyl (C=O) groups excluding carboxylic acids is 2. The van der Waals surface area contributed by atoms with E-state index in [9.17, 15) is 9.59 Å². The first-order valence-electron chi connectivity index (χ1n) is 10.1. The molecule has 1 saturated heterocycles. The summed E-state index contributed by atoms with van der Waals surface area (Å²) < 4.78 is 10.7. The molecule has 0 aliphatic carbocycles. The SMILES string of the molecule is COc1ccc(N2C[C@@H](c3nc(-c4cccc(C(=O)NC(C)C)c4)no3)CC2=O)cc1. The highest BCUT2D eigenvalue weighted by atomic mass is 16.5. The third-order valence-corrected chi connectivity index (χ3v) is 5.10. The summed E-state index contributed by atoms with van der Waals surface area (Å²) >= 11 is 0. The molecule has 1 aliphatic heterocycles. The van der Waals surface area contributed by atoms with Crippen molar-refractivity contribution in [3.8, 4) is 17.1 Å². The van der Waals surface area contributed by atoms with Crippen LogP contribution in [0, 0.1) is 0 Å². The van der Waals surface area contributed by atoms with Crippen LogP contribution in [-0.2, 0) is 4.79 Å². The molecule has 1 fully saturated rings. The number of nitrogens with one attached hydrogen (secondary N) is 1. The van der Waals surface area contributed by atoms with Crippen molar-refractivity contribution in [3.05, 3.63) is 60.0 Å². The van der Waals surface area contributed by atoms with E-state index in [0.717, 1.165) is 11.4 Å². The van der Waals surface area contributed by atoms with Crippen molar-refractivity contribution in [2.24, 2.45) is 0 Å². The largest absolute Gasteiger partial charge is 0.497 e. The van der Waals surface area contributed by atoms with E-state index in [1.807, 2.05) is 44.2 Å². The number of hydrogen-bond acceptors (Lipinski definition) is 6. The van der Waals surface area contributed by atoms with E-state index in [1.54, 1.807) is 30.2 Å². The first-order valence-corrected chi connectivity index (χ1v) is 10.1. The Hall–Kier alpha value is -3.68. The van der Waals surface area contributed by atoms with Gasteiger partial charge in [-0.15, -0.1) is 0 Å². The number of benzene rings is 2. The molecule has 8 nitrogen and oxygen atoms in total. The van der Waals surface area contributed by atoms with E-state index in [-0.39, 0.29) is 23.8 Å². The van der Waals surface area contributed by atoms with Crippen LogP contribution in [0.15, 0.2) is 53.1 Å². The molecule has 2 amide bonds. The van der Waals surface area contributed by atoms with E-state index in [2.05, 4.69) is 15.5 Å². The molecule has 1 N–H and O–H groups in total. The number of rotatable bonds is 6. The molecular weight excluding hydrogens is 396 g/mol. The van der Waals surface area contributed by atoms with Gasteiger partial charge < -0.3 is 19.5 Å². The van der Waals surface area contributed by atoms with Gasteiger partial charge in [0.05, 0.1) is 13.0 Å². The Kier molecular flexibility index (Phi) is 5.70. The van der Waals surface area contributed by atoms with Gasteiger partial charge in [0.1, 0.15) is 5.75 Å². The second-order valence-electron chi connectivity index (χ2n) is 7.77. The first-order chi connectivity index (χ1) is 14.9. The number of anilines is 1. The molecule has 2 aromatic carbocycles. The Morgan fingerprint density at radius 3 is 2.71 bits per heavy atom. The zero-order chi connectivity index (χ0) is 22.0. The number of nitrogens with zero attached hydrogens (tertiary/aromatic N) is 3. The molecule has 0 saturated carbocycles. The van der Waals surface area contributed by atoms with Crippen molar-refractivity contribution in [2.45, 2.75) is 32.2 Å². The standard InChI is InChI=1S/C23H24N4O4/c1-14(2)24-22(29)16-6-4-5-15(11-16)21-25-23(31-26-21)17-12-20(28)27(13-17)18-7-9-19(30-3)10-8-18/h4-11,14,17H,12-13H2,1-3H3,(H,24,29)/t17-/m0/s1. The quantitative estimate of drug-likeness (QED) is 0.656. The summed E-state index contributed by atoms with van der Waals surface area (Å²) in [5.74, 6) is 1.20. The maximum absolute atomic E-state index is 12.6. The minimum Gasteiger partial charge on any atom is -0.497 e. The molecule has 0 spiro atoms. The Balaban J connectivity index is 1.50. The lowest BCUT2D eigenvalue weighted by atomic mass is 10.1. The zero-order valence-corrected chi connectivity index (χ0v) is 17.7. The van der Waals surface area contributed by atoms with Gasteiger partial charge in [-0.2, -0.15) is 4.98 Å². The Morgan fingerprint density at radius 1 is 1.23 bits per heavy atom. The van der Waals surface area contributed by atoms with E-state index >= 15 is 0 Å². The highest BCUT2D eigenvalue weighted by Crippen LogP contribution is 2.32. The van der Waals surface area contributed by atoms with Crippen LogP contribution in [0.4, 0.5) is 5.69 Å². The van der Waals surface area contributed by atoms with Gasteiger partial charge in [0.25, 0.3) is 5.91 Å². The maximum Gasteiger partial charge on any atom is 0.251 e. The first kappa shape index (κ1) is 20.6. The number of amides is 2. The number of aromatic nitrogens is 2. The Morgan fingerprint density at radius 2 is 2.00 bits per heavy atom. The summed E-state index contributed by atoms with van der Waals surface area (Å²) in [6.45, 7) is 4.28.